The van der Waals surface area contributed by atoms with Crippen LogP contribution >= 0.6 is 0 Å². The Labute approximate surface area is 477 Å². The third kappa shape index (κ3) is 25.0. The predicted molar refractivity (Wildman–Crippen MR) is 291 cm³/mol. The van der Waals surface area contributed by atoms with Crippen molar-refractivity contribution in [1.82, 2.24) is 20.3 Å². The van der Waals surface area contributed by atoms with Gasteiger partial charge in [-0.3, -0.25) is 14.4 Å². The van der Waals surface area contributed by atoms with Crippen LogP contribution in [0.1, 0.15) is 43.2 Å². The lowest BCUT2D eigenvalue weighted by molar-refractivity contribution is -0.198. The summed E-state index contributed by atoms with van der Waals surface area (Å²) in [7, 11) is 0. The van der Waals surface area contributed by atoms with Gasteiger partial charge in [-0.25, -0.2) is 25.1 Å². The summed E-state index contributed by atoms with van der Waals surface area (Å²) in [6.07, 6.45) is 2.08. The molecule has 454 valence electrons. The Hall–Kier alpha value is -6.43. The normalized spacial score (nSPS) is 15.2. The van der Waals surface area contributed by atoms with E-state index in [1.807, 2.05) is 6.07 Å². The van der Waals surface area contributed by atoms with Gasteiger partial charge in [0.05, 0.1) is 195 Å². The topological polar surface area (TPSA) is 335 Å². The molecule has 5 rings (SSSR count). The number of urea groups is 2. The number of hydrazine groups is 1. The molecular weight excluding hydrogens is 1080 g/mol. The van der Waals surface area contributed by atoms with E-state index in [9.17, 15) is 28.8 Å². The van der Waals surface area contributed by atoms with Crippen molar-refractivity contribution in [2.75, 3.05) is 188 Å². The Morgan fingerprint density at radius 1 is 0.622 bits per heavy atom. The number of piperidine rings is 1. The molecule has 1 spiro atoms. The zero-order chi connectivity index (χ0) is 58.5. The molecule has 28 heteroatoms. The molecular formula is C54H79N9O19. The highest BCUT2D eigenvalue weighted by Crippen LogP contribution is 2.33. The van der Waals surface area contributed by atoms with E-state index in [4.69, 9.17) is 78.5 Å². The van der Waals surface area contributed by atoms with Crippen LogP contribution in [0.2, 0.25) is 0 Å². The molecule has 0 radical (unpaired) electrons. The van der Waals surface area contributed by atoms with Crippen molar-refractivity contribution >= 4 is 52.8 Å². The maximum atomic E-state index is 13.5. The molecule has 0 aliphatic carbocycles. The molecule has 3 aliphatic heterocycles. The Kier molecular flexibility index (Phi) is 31.7. The van der Waals surface area contributed by atoms with Gasteiger partial charge in [0.1, 0.15) is 5.54 Å². The molecule has 28 nitrogen and oxygen atoms in total. The zero-order valence-electron chi connectivity index (χ0n) is 46.5. The number of nitrogens with zero attached hydrogens (tertiary/aromatic N) is 5. The molecule has 0 unspecified atom stereocenters. The van der Waals surface area contributed by atoms with Crippen molar-refractivity contribution in [2.24, 2.45) is 11.6 Å². The van der Waals surface area contributed by atoms with Gasteiger partial charge in [0, 0.05) is 43.4 Å². The summed E-state index contributed by atoms with van der Waals surface area (Å²) in [5, 5.41) is 16.7. The molecule has 6 N–H and O–H groups in total. The predicted octanol–water partition coefficient (Wildman–Crippen LogP) is 1.31. The number of hydrogen-bond donors (Lipinski definition) is 4. The highest BCUT2D eigenvalue weighted by Gasteiger charge is 2.53. The lowest BCUT2D eigenvalue weighted by Crippen LogP contribution is -2.56. The number of benzene rings is 2. The lowest BCUT2D eigenvalue weighted by atomic mass is 9.87. The molecule has 2 aromatic carbocycles. The zero-order valence-corrected chi connectivity index (χ0v) is 46.5. The number of imide groups is 2. The van der Waals surface area contributed by atoms with Crippen LogP contribution in [0.4, 0.5) is 21.0 Å². The summed E-state index contributed by atoms with van der Waals surface area (Å²) in [6, 6.07) is 14.4. The molecule has 0 bridgehead atoms. The quantitative estimate of drug-likeness (QED) is 0.0239. The van der Waals surface area contributed by atoms with Gasteiger partial charge in [-0.05, 0) is 49.2 Å². The molecule has 3 heterocycles. The van der Waals surface area contributed by atoms with E-state index < -0.39 is 29.4 Å². The Morgan fingerprint density at radius 2 is 1.05 bits per heavy atom. The number of nitrogens with one attached hydrogen (secondary N) is 2. The number of nitrogens with two attached hydrogens (primary N) is 2. The van der Waals surface area contributed by atoms with Crippen LogP contribution in [-0.2, 0) is 80.9 Å². The number of rotatable bonds is 44. The number of hydrogen-bond acceptors (Lipinski definition) is 23. The van der Waals surface area contributed by atoms with E-state index in [1.54, 1.807) is 59.6 Å². The van der Waals surface area contributed by atoms with Crippen molar-refractivity contribution in [3.8, 4) is 6.07 Å². The Balaban J connectivity index is 0.713. The average Bonchev–Trinajstić information content (AvgIpc) is 4.11. The molecule has 3 fully saturated rings. The first-order valence-corrected chi connectivity index (χ1v) is 27.3. The van der Waals surface area contributed by atoms with Crippen LogP contribution < -0.4 is 27.1 Å². The number of carbonyl (C=O) groups excluding carboxylic acids is 6. The van der Waals surface area contributed by atoms with Crippen molar-refractivity contribution in [1.29, 1.82) is 5.26 Å². The van der Waals surface area contributed by atoms with Crippen LogP contribution in [-0.4, -0.2) is 234 Å². The van der Waals surface area contributed by atoms with Gasteiger partial charge in [0.2, 0.25) is 0 Å². The van der Waals surface area contributed by atoms with Crippen LogP contribution in [0.3, 0.4) is 0 Å². The van der Waals surface area contributed by atoms with Gasteiger partial charge in [0.25, 0.3) is 17.7 Å². The third-order valence-corrected chi connectivity index (χ3v) is 12.3. The number of hydroxylamine groups is 2. The summed E-state index contributed by atoms with van der Waals surface area (Å²) < 4.78 is 65.9. The Bertz CT molecular complexity index is 2300. The van der Waals surface area contributed by atoms with E-state index in [0.717, 1.165) is 4.90 Å². The number of nitriles is 1. The fraction of sp³-hybridized carbons (Fsp3) is 0.611. The van der Waals surface area contributed by atoms with Gasteiger partial charge in [-0.1, -0.05) is 12.1 Å². The second-order valence-electron chi connectivity index (χ2n) is 18.3. The minimum Gasteiger partial charge on any atom is -0.397 e. The smallest absolute Gasteiger partial charge is 0.335 e. The highest BCUT2D eigenvalue weighted by atomic mass is 16.7. The molecule has 7 amide bonds. The largest absolute Gasteiger partial charge is 0.397 e. The second kappa shape index (κ2) is 39.1. The molecule has 2 aromatic rings. The van der Waals surface area contributed by atoms with Crippen molar-refractivity contribution in [3.05, 3.63) is 65.9 Å². The maximum Gasteiger partial charge on any atom is 0.335 e. The van der Waals surface area contributed by atoms with Gasteiger partial charge < -0.3 is 88.0 Å². The summed E-state index contributed by atoms with van der Waals surface area (Å²) in [4.78, 5) is 81.6. The second-order valence-corrected chi connectivity index (χ2v) is 18.3. The first-order chi connectivity index (χ1) is 40.0. The average molecular weight is 1160 g/mol. The maximum absolute atomic E-state index is 13.5. The van der Waals surface area contributed by atoms with Gasteiger partial charge in [0.15, 0.2) is 0 Å². The number of likely N-dealkylation sites (tertiary alicyclic amines) is 1. The summed E-state index contributed by atoms with van der Waals surface area (Å²) >= 11 is 0. The number of amides is 7. The van der Waals surface area contributed by atoms with Crippen LogP contribution in [0.15, 0.2) is 54.7 Å². The van der Waals surface area contributed by atoms with E-state index in [-0.39, 0.29) is 70.3 Å². The van der Waals surface area contributed by atoms with E-state index in [2.05, 4.69) is 10.6 Å². The van der Waals surface area contributed by atoms with E-state index >= 15 is 0 Å². The van der Waals surface area contributed by atoms with E-state index in [1.165, 1.54) is 5.01 Å². The van der Waals surface area contributed by atoms with Gasteiger partial charge in [-0.2, -0.15) is 5.26 Å². The van der Waals surface area contributed by atoms with Crippen LogP contribution in [0.25, 0.3) is 5.70 Å². The lowest BCUT2D eigenvalue weighted by Gasteiger charge is -2.37. The molecule has 82 heavy (non-hydrogen) atoms. The van der Waals surface area contributed by atoms with Crippen molar-refractivity contribution < 1.29 is 90.4 Å². The monoisotopic (exact) mass is 1160 g/mol. The summed E-state index contributed by atoms with van der Waals surface area (Å²) in [5.41, 5.74) is 7.56. The fourth-order valence-corrected chi connectivity index (χ4v) is 7.92. The fourth-order valence-electron chi connectivity index (χ4n) is 7.92. The first-order valence-electron chi connectivity index (χ1n) is 27.3. The standard InChI is InChI=1S/C54H79N9O19/c55-41-43-4-6-46(7-5-43)62-51(67)54(59-53(62)69)11-13-60(14-12-54)52(68)58-45-3-1-2-44(40-45)47(56)42-61(57)15-17-71-19-21-73-23-25-75-27-29-77-31-33-79-35-37-81-39-38-80-36-34-78-32-30-76-28-26-74-24-22-72-20-18-70-16-10-50(66)82-63-48(64)8-9-49(63)65/h1-7,40,42H,8-39,56-57H2,(H,58,68)(H,59,69)/b47-42-. The van der Waals surface area contributed by atoms with Crippen LogP contribution in [0, 0.1) is 11.3 Å². The molecule has 0 atom stereocenters. The van der Waals surface area contributed by atoms with Crippen LogP contribution in [0.5, 0.6) is 0 Å². The summed E-state index contributed by atoms with van der Waals surface area (Å²) in [6.45, 7) is 10.3. The van der Waals surface area contributed by atoms with Crippen molar-refractivity contribution in [3.63, 3.8) is 0 Å². The number of carbonyl (C=O) groups is 6. The molecule has 3 aliphatic rings. The summed E-state index contributed by atoms with van der Waals surface area (Å²) in [5.74, 6) is 4.01. The number of ether oxygens (including phenoxy) is 12. The molecule has 0 aromatic heterocycles. The molecule has 3 saturated heterocycles. The highest BCUT2D eigenvalue weighted by molar-refractivity contribution is 6.23. The SMILES string of the molecule is N#Cc1ccc(N2C(=O)NC3(CCN(C(=O)Nc4cccc(/C(N)=C/N(N)CCOCCOCCOCCOCCOCCOCCOCCOCCOCCOCCOCCOCCC(=O)ON5C(=O)CCC5=O)c4)CC3)C2=O)cc1. The van der Waals surface area contributed by atoms with Crippen molar-refractivity contribution in [2.45, 2.75) is 37.6 Å². The van der Waals surface area contributed by atoms with Gasteiger partial charge in [-0.15, -0.1) is 5.06 Å². The number of anilines is 2. The Morgan fingerprint density at radius 3 is 1.49 bits per heavy atom. The molecule has 0 saturated carbocycles. The third-order valence-electron chi connectivity index (χ3n) is 12.3. The van der Waals surface area contributed by atoms with Gasteiger partial charge >= 0.3 is 18.0 Å². The minimum absolute atomic E-state index is 0.0473. The first kappa shape index (κ1) is 66.4. The minimum atomic E-state index is -1.11. The van der Waals surface area contributed by atoms with E-state index in [0.29, 0.717) is 185 Å².